The maximum atomic E-state index is 6.13. The van der Waals surface area contributed by atoms with Crippen molar-refractivity contribution < 1.29 is 0 Å². The number of nitrogens with zero attached hydrogens (tertiary/aromatic N) is 4. The van der Waals surface area contributed by atoms with E-state index in [1.807, 2.05) is 0 Å². The standard InChI is InChI=1S/C15H31N5/c1-2-18-11-13-19(14-12-18)10-7-17-15(16)20-8-5-3-4-6-9-20/h2-14H2,1H3,(H2,16,17). The minimum Gasteiger partial charge on any atom is -0.370 e. The molecule has 5 heteroatoms. The van der Waals surface area contributed by atoms with E-state index in [0.29, 0.717) is 0 Å². The predicted octanol–water partition coefficient (Wildman–Crippen LogP) is 0.815. The Hall–Kier alpha value is -0.810. The SMILES string of the molecule is CCN1CCN(CCN=C(N)N2CCCCCC2)CC1. The number of nitrogens with two attached hydrogens (primary N) is 1. The molecular formula is C15H31N5. The number of aliphatic imine (C=N–C) groups is 1. The average Bonchev–Trinajstić information content (AvgIpc) is 2.77. The van der Waals surface area contributed by atoms with Gasteiger partial charge in [-0.25, -0.2) is 0 Å². The molecule has 0 aliphatic carbocycles. The van der Waals surface area contributed by atoms with Gasteiger partial charge in [0.25, 0.3) is 0 Å². The second-order valence-electron chi connectivity index (χ2n) is 5.92. The zero-order valence-electron chi connectivity index (χ0n) is 13.1. The lowest BCUT2D eigenvalue weighted by Gasteiger charge is -2.33. The van der Waals surface area contributed by atoms with Gasteiger partial charge in [-0.3, -0.25) is 9.89 Å². The van der Waals surface area contributed by atoms with Crippen LogP contribution in [0.15, 0.2) is 4.99 Å². The van der Waals surface area contributed by atoms with Crippen molar-refractivity contribution in [2.75, 3.05) is 58.9 Å². The largest absolute Gasteiger partial charge is 0.370 e. The van der Waals surface area contributed by atoms with E-state index in [-0.39, 0.29) is 0 Å². The van der Waals surface area contributed by atoms with E-state index >= 15 is 0 Å². The van der Waals surface area contributed by atoms with Gasteiger partial charge >= 0.3 is 0 Å². The molecule has 0 amide bonds. The van der Waals surface area contributed by atoms with Gasteiger partial charge in [-0.2, -0.15) is 0 Å². The molecule has 2 saturated heterocycles. The van der Waals surface area contributed by atoms with Crippen LogP contribution < -0.4 is 5.73 Å². The van der Waals surface area contributed by atoms with Crippen molar-refractivity contribution in [2.24, 2.45) is 10.7 Å². The summed E-state index contributed by atoms with van der Waals surface area (Å²) in [4.78, 5) is 11.9. The summed E-state index contributed by atoms with van der Waals surface area (Å²) in [6.45, 7) is 12.2. The van der Waals surface area contributed by atoms with Crippen LogP contribution in [0, 0.1) is 0 Å². The number of hydrogen-bond acceptors (Lipinski definition) is 3. The molecular weight excluding hydrogens is 250 g/mol. The van der Waals surface area contributed by atoms with Crippen LogP contribution in [0.2, 0.25) is 0 Å². The third kappa shape index (κ3) is 4.94. The highest BCUT2D eigenvalue weighted by molar-refractivity contribution is 5.78. The van der Waals surface area contributed by atoms with E-state index in [9.17, 15) is 0 Å². The second kappa shape index (κ2) is 8.47. The molecule has 0 radical (unpaired) electrons. The Bertz CT molecular complexity index is 289. The monoisotopic (exact) mass is 281 g/mol. The Balaban J connectivity index is 1.67. The van der Waals surface area contributed by atoms with Crippen molar-refractivity contribution in [3.8, 4) is 0 Å². The smallest absolute Gasteiger partial charge is 0.191 e. The predicted molar refractivity (Wildman–Crippen MR) is 85.1 cm³/mol. The van der Waals surface area contributed by atoms with Gasteiger partial charge in [-0.05, 0) is 19.4 Å². The van der Waals surface area contributed by atoms with E-state index in [0.717, 1.165) is 32.1 Å². The van der Waals surface area contributed by atoms with E-state index in [2.05, 4.69) is 26.6 Å². The van der Waals surface area contributed by atoms with Crippen LogP contribution in [-0.4, -0.2) is 79.6 Å². The molecule has 0 spiro atoms. The maximum absolute atomic E-state index is 6.13. The van der Waals surface area contributed by atoms with Gasteiger partial charge in [-0.1, -0.05) is 19.8 Å². The zero-order valence-corrected chi connectivity index (χ0v) is 13.1. The molecule has 2 rings (SSSR count). The molecule has 116 valence electrons. The first-order valence-electron chi connectivity index (χ1n) is 8.29. The molecule has 0 bridgehead atoms. The van der Waals surface area contributed by atoms with Gasteiger partial charge in [0.2, 0.25) is 0 Å². The van der Waals surface area contributed by atoms with Gasteiger partial charge in [0, 0.05) is 45.8 Å². The molecule has 0 saturated carbocycles. The van der Waals surface area contributed by atoms with Gasteiger partial charge in [0.1, 0.15) is 0 Å². The lowest BCUT2D eigenvalue weighted by atomic mass is 10.2. The quantitative estimate of drug-likeness (QED) is 0.612. The molecule has 2 heterocycles. The van der Waals surface area contributed by atoms with E-state index in [1.54, 1.807) is 0 Å². The minimum absolute atomic E-state index is 0.763. The van der Waals surface area contributed by atoms with Crippen LogP contribution in [0.25, 0.3) is 0 Å². The summed E-state index contributed by atoms with van der Waals surface area (Å²) in [5.74, 6) is 0.763. The summed E-state index contributed by atoms with van der Waals surface area (Å²) in [5, 5.41) is 0. The molecule has 5 nitrogen and oxygen atoms in total. The van der Waals surface area contributed by atoms with Gasteiger partial charge in [0.05, 0.1) is 6.54 Å². The number of rotatable bonds is 4. The second-order valence-corrected chi connectivity index (χ2v) is 5.92. The first-order chi connectivity index (χ1) is 9.79. The Morgan fingerprint density at radius 3 is 2.10 bits per heavy atom. The number of likely N-dealkylation sites (tertiary alicyclic amines) is 1. The Morgan fingerprint density at radius 1 is 0.900 bits per heavy atom. The highest BCUT2D eigenvalue weighted by Crippen LogP contribution is 2.09. The Kier molecular flexibility index (Phi) is 6.60. The summed E-state index contributed by atoms with van der Waals surface area (Å²) in [5.41, 5.74) is 6.13. The van der Waals surface area contributed by atoms with Crippen LogP contribution in [-0.2, 0) is 0 Å². The normalized spacial score (nSPS) is 23.9. The molecule has 0 aromatic carbocycles. The van der Waals surface area contributed by atoms with Crippen LogP contribution in [0.4, 0.5) is 0 Å². The molecule has 2 aliphatic heterocycles. The molecule has 0 unspecified atom stereocenters. The van der Waals surface area contributed by atoms with Crippen molar-refractivity contribution in [1.82, 2.24) is 14.7 Å². The number of piperazine rings is 1. The number of guanidine groups is 1. The maximum Gasteiger partial charge on any atom is 0.191 e. The summed E-state index contributed by atoms with van der Waals surface area (Å²) >= 11 is 0. The third-order valence-electron chi connectivity index (χ3n) is 4.53. The molecule has 2 aliphatic rings. The lowest BCUT2D eigenvalue weighted by Crippen LogP contribution is -2.47. The minimum atomic E-state index is 0.763. The highest BCUT2D eigenvalue weighted by Gasteiger charge is 2.15. The molecule has 2 fully saturated rings. The molecule has 2 N–H and O–H groups in total. The van der Waals surface area contributed by atoms with Gasteiger partial charge in [-0.15, -0.1) is 0 Å². The van der Waals surface area contributed by atoms with Gasteiger partial charge in [0.15, 0.2) is 5.96 Å². The first-order valence-corrected chi connectivity index (χ1v) is 8.29. The first kappa shape index (κ1) is 15.6. The number of likely N-dealkylation sites (N-methyl/N-ethyl adjacent to an activating group) is 1. The average molecular weight is 281 g/mol. The van der Waals surface area contributed by atoms with E-state index < -0.39 is 0 Å². The van der Waals surface area contributed by atoms with Crippen LogP contribution in [0.5, 0.6) is 0 Å². The molecule has 0 aromatic rings. The topological polar surface area (TPSA) is 48.1 Å². The Labute approximate surface area is 123 Å². The van der Waals surface area contributed by atoms with Crippen LogP contribution in [0.1, 0.15) is 32.6 Å². The van der Waals surface area contributed by atoms with Gasteiger partial charge < -0.3 is 15.5 Å². The van der Waals surface area contributed by atoms with E-state index in [1.165, 1.54) is 58.4 Å². The van der Waals surface area contributed by atoms with Crippen molar-refractivity contribution in [3.05, 3.63) is 0 Å². The highest BCUT2D eigenvalue weighted by atomic mass is 15.3. The fourth-order valence-corrected chi connectivity index (χ4v) is 3.03. The van der Waals surface area contributed by atoms with Crippen molar-refractivity contribution in [2.45, 2.75) is 32.6 Å². The van der Waals surface area contributed by atoms with Crippen molar-refractivity contribution in [3.63, 3.8) is 0 Å². The van der Waals surface area contributed by atoms with Crippen LogP contribution >= 0.6 is 0 Å². The lowest BCUT2D eigenvalue weighted by molar-refractivity contribution is 0.140. The summed E-state index contributed by atoms with van der Waals surface area (Å²) in [6, 6.07) is 0. The zero-order chi connectivity index (χ0) is 14.2. The van der Waals surface area contributed by atoms with E-state index in [4.69, 9.17) is 5.73 Å². The summed E-state index contributed by atoms with van der Waals surface area (Å²) in [6.07, 6.45) is 5.20. The van der Waals surface area contributed by atoms with Crippen molar-refractivity contribution in [1.29, 1.82) is 0 Å². The van der Waals surface area contributed by atoms with Crippen molar-refractivity contribution >= 4 is 5.96 Å². The fourth-order valence-electron chi connectivity index (χ4n) is 3.03. The molecule has 20 heavy (non-hydrogen) atoms. The molecule has 0 atom stereocenters. The number of hydrogen-bond donors (Lipinski definition) is 1. The fraction of sp³-hybridized carbons (Fsp3) is 0.933. The van der Waals surface area contributed by atoms with Crippen LogP contribution in [0.3, 0.4) is 0 Å². The third-order valence-corrected chi connectivity index (χ3v) is 4.53. The Morgan fingerprint density at radius 2 is 1.50 bits per heavy atom. The summed E-state index contributed by atoms with van der Waals surface area (Å²) in [7, 11) is 0. The molecule has 0 aromatic heterocycles. The summed E-state index contributed by atoms with van der Waals surface area (Å²) < 4.78 is 0.